The van der Waals surface area contributed by atoms with Crippen molar-refractivity contribution in [1.82, 2.24) is 13.6 Å². The number of halogens is 2. The van der Waals surface area contributed by atoms with Crippen LogP contribution in [0, 0.1) is 0 Å². The summed E-state index contributed by atoms with van der Waals surface area (Å²) in [6, 6.07) is -2.78. The molecule has 1 aromatic heterocycles. The van der Waals surface area contributed by atoms with Gasteiger partial charge in [-0.1, -0.05) is 32.3 Å². The molecule has 0 aliphatic carbocycles. The highest BCUT2D eigenvalue weighted by Crippen LogP contribution is 2.34. The number of hydrogen-bond donors (Lipinski definition) is 0. The lowest BCUT2D eigenvalue weighted by Gasteiger charge is -2.31. The molecule has 0 atom stereocenters. The Morgan fingerprint density at radius 1 is 1.33 bits per heavy atom. The molecule has 0 fully saturated rings. The van der Waals surface area contributed by atoms with E-state index in [-0.39, 0.29) is 13.0 Å². The topological polar surface area (TPSA) is 38.3 Å². The van der Waals surface area contributed by atoms with Crippen molar-refractivity contribution in [3.63, 3.8) is 0 Å². The van der Waals surface area contributed by atoms with Crippen molar-refractivity contribution in [2.75, 3.05) is 20.2 Å². The molecule has 118 valence electrons. The minimum atomic E-state index is -2.78. The SMILES string of the molecule is CCCCCCOc1nsnc1C1=CCC(F)(F)N(C)C1. The largest absolute Gasteiger partial charge is 0.475 e. The predicted molar refractivity (Wildman–Crippen MR) is 79.7 cm³/mol. The molecule has 0 aromatic carbocycles. The Bertz CT molecular complexity index is 490. The van der Waals surface area contributed by atoms with Gasteiger partial charge in [0.25, 0.3) is 5.88 Å². The fraction of sp³-hybridized carbons (Fsp3) is 0.714. The van der Waals surface area contributed by atoms with E-state index in [1.165, 1.54) is 19.9 Å². The summed E-state index contributed by atoms with van der Waals surface area (Å²) in [5, 5.41) is 0. The van der Waals surface area contributed by atoms with E-state index in [9.17, 15) is 8.78 Å². The van der Waals surface area contributed by atoms with E-state index in [2.05, 4.69) is 15.7 Å². The van der Waals surface area contributed by atoms with Gasteiger partial charge in [0, 0.05) is 13.0 Å². The number of nitrogens with zero attached hydrogens (tertiary/aromatic N) is 3. The van der Waals surface area contributed by atoms with E-state index < -0.39 is 6.05 Å². The number of aromatic nitrogens is 2. The first kappa shape index (κ1) is 16.3. The van der Waals surface area contributed by atoms with Crippen molar-refractivity contribution in [2.24, 2.45) is 0 Å². The Balaban J connectivity index is 1.96. The summed E-state index contributed by atoms with van der Waals surface area (Å²) in [7, 11) is 1.41. The Morgan fingerprint density at radius 2 is 2.14 bits per heavy atom. The van der Waals surface area contributed by atoms with Crippen molar-refractivity contribution in [1.29, 1.82) is 0 Å². The third kappa shape index (κ3) is 4.20. The van der Waals surface area contributed by atoms with Gasteiger partial charge < -0.3 is 4.74 Å². The second kappa shape index (κ2) is 7.26. The second-order valence-electron chi connectivity index (χ2n) is 5.28. The molecule has 0 saturated heterocycles. The number of hydrogen-bond acceptors (Lipinski definition) is 5. The minimum absolute atomic E-state index is 0.157. The molecule has 1 aliphatic heterocycles. The maximum Gasteiger partial charge on any atom is 0.308 e. The molecular formula is C14H21F2N3OS. The normalized spacial score (nSPS) is 18.6. The van der Waals surface area contributed by atoms with E-state index in [4.69, 9.17) is 4.74 Å². The first-order valence-electron chi connectivity index (χ1n) is 7.28. The zero-order chi connectivity index (χ0) is 15.3. The molecule has 0 N–H and O–H groups in total. The Morgan fingerprint density at radius 3 is 2.86 bits per heavy atom. The molecule has 0 amide bonds. The van der Waals surface area contributed by atoms with Gasteiger partial charge in [-0.05, 0) is 19.0 Å². The molecule has 1 aromatic rings. The fourth-order valence-electron chi connectivity index (χ4n) is 2.18. The van der Waals surface area contributed by atoms with E-state index in [0.29, 0.717) is 18.2 Å². The maximum atomic E-state index is 13.5. The van der Waals surface area contributed by atoms with Crippen LogP contribution >= 0.6 is 11.7 Å². The smallest absolute Gasteiger partial charge is 0.308 e. The van der Waals surface area contributed by atoms with Crippen molar-refractivity contribution in [2.45, 2.75) is 45.1 Å². The fourth-order valence-corrected chi connectivity index (χ4v) is 2.71. The molecule has 2 rings (SSSR count). The van der Waals surface area contributed by atoms with Gasteiger partial charge in [0.1, 0.15) is 5.69 Å². The Hall–Kier alpha value is -1.08. The van der Waals surface area contributed by atoms with Crippen LogP contribution in [0.15, 0.2) is 6.08 Å². The molecule has 0 saturated carbocycles. The zero-order valence-electron chi connectivity index (χ0n) is 12.4. The van der Waals surface area contributed by atoms with Gasteiger partial charge in [0.15, 0.2) is 0 Å². The summed E-state index contributed by atoms with van der Waals surface area (Å²) >= 11 is 1.06. The van der Waals surface area contributed by atoms with Crippen LogP contribution < -0.4 is 4.74 Å². The molecule has 2 heterocycles. The number of likely N-dealkylation sites (N-methyl/N-ethyl adjacent to an activating group) is 1. The summed E-state index contributed by atoms with van der Waals surface area (Å²) in [5.41, 5.74) is 1.37. The average Bonchev–Trinajstić information content (AvgIpc) is 2.90. The Kier molecular flexibility index (Phi) is 5.64. The predicted octanol–water partition coefficient (Wildman–Crippen LogP) is 3.81. The van der Waals surface area contributed by atoms with E-state index in [0.717, 1.165) is 35.0 Å². The maximum absolute atomic E-state index is 13.5. The summed E-state index contributed by atoms with van der Waals surface area (Å²) in [5.74, 6) is 0.473. The van der Waals surface area contributed by atoms with E-state index >= 15 is 0 Å². The second-order valence-corrected chi connectivity index (χ2v) is 5.81. The molecule has 7 heteroatoms. The number of alkyl halides is 2. The Labute approximate surface area is 128 Å². The third-order valence-corrected chi connectivity index (χ3v) is 4.07. The summed E-state index contributed by atoms with van der Waals surface area (Å²) in [6.07, 6.45) is 5.71. The van der Waals surface area contributed by atoms with Crippen LogP contribution in [-0.4, -0.2) is 39.9 Å². The number of ether oxygens (including phenoxy) is 1. The van der Waals surface area contributed by atoms with Crippen LogP contribution in [0.25, 0.3) is 5.57 Å². The minimum Gasteiger partial charge on any atom is -0.475 e. The number of unbranched alkanes of at least 4 members (excludes halogenated alkanes) is 3. The summed E-state index contributed by atoms with van der Waals surface area (Å²) in [6.45, 7) is 2.91. The first-order valence-corrected chi connectivity index (χ1v) is 8.01. The molecule has 0 radical (unpaired) electrons. The van der Waals surface area contributed by atoms with Crippen LogP contribution in [0.4, 0.5) is 8.78 Å². The van der Waals surface area contributed by atoms with Crippen LogP contribution in [-0.2, 0) is 0 Å². The monoisotopic (exact) mass is 317 g/mol. The van der Waals surface area contributed by atoms with Gasteiger partial charge in [0.05, 0.1) is 18.3 Å². The van der Waals surface area contributed by atoms with Crippen molar-refractivity contribution in [3.05, 3.63) is 11.8 Å². The molecular weight excluding hydrogens is 296 g/mol. The molecule has 4 nitrogen and oxygen atoms in total. The van der Waals surface area contributed by atoms with Crippen LogP contribution in [0.1, 0.15) is 44.7 Å². The van der Waals surface area contributed by atoms with Gasteiger partial charge in [-0.25, -0.2) is 4.90 Å². The van der Waals surface area contributed by atoms with Crippen LogP contribution in [0.3, 0.4) is 0 Å². The standard InChI is InChI=1S/C14H21F2N3OS/c1-3-4-5-6-9-20-13-12(17-21-18-13)11-7-8-14(15,16)19(2)10-11/h7H,3-6,8-10H2,1-2H3. The lowest BCUT2D eigenvalue weighted by atomic mass is 10.1. The average molecular weight is 317 g/mol. The first-order chi connectivity index (χ1) is 10.0. The van der Waals surface area contributed by atoms with Gasteiger partial charge in [-0.3, -0.25) is 0 Å². The van der Waals surface area contributed by atoms with Crippen molar-refractivity contribution < 1.29 is 13.5 Å². The highest BCUT2D eigenvalue weighted by Gasteiger charge is 2.37. The highest BCUT2D eigenvalue weighted by atomic mass is 32.1. The lowest BCUT2D eigenvalue weighted by molar-refractivity contribution is -0.128. The van der Waals surface area contributed by atoms with Crippen LogP contribution in [0.5, 0.6) is 5.88 Å². The summed E-state index contributed by atoms with van der Waals surface area (Å²) < 4.78 is 40.9. The molecule has 21 heavy (non-hydrogen) atoms. The lowest BCUT2D eigenvalue weighted by Crippen LogP contribution is -2.41. The molecule has 1 aliphatic rings. The van der Waals surface area contributed by atoms with Gasteiger partial charge >= 0.3 is 6.05 Å². The quantitative estimate of drug-likeness (QED) is 0.566. The van der Waals surface area contributed by atoms with Gasteiger partial charge in [0.2, 0.25) is 0 Å². The molecule has 0 bridgehead atoms. The van der Waals surface area contributed by atoms with Gasteiger partial charge in [-0.15, -0.1) is 4.37 Å². The third-order valence-electron chi connectivity index (χ3n) is 3.56. The molecule has 0 unspecified atom stereocenters. The van der Waals surface area contributed by atoms with Gasteiger partial charge in [-0.2, -0.15) is 13.2 Å². The summed E-state index contributed by atoms with van der Waals surface area (Å²) in [4.78, 5) is 1.03. The van der Waals surface area contributed by atoms with Crippen molar-refractivity contribution >= 4 is 17.3 Å². The number of rotatable bonds is 7. The highest BCUT2D eigenvalue weighted by molar-refractivity contribution is 6.99. The van der Waals surface area contributed by atoms with E-state index in [1.54, 1.807) is 6.08 Å². The van der Waals surface area contributed by atoms with Crippen molar-refractivity contribution in [3.8, 4) is 5.88 Å². The van der Waals surface area contributed by atoms with E-state index in [1.807, 2.05) is 0 Å². The zero-order valence-corrected chi connectivity index (χ0v) is 13.3. The molecule has 0 spiro atoms. The van der Waals surface area contributed by atoms with Crippen LogP contribution in [0.2, 0.25) is 0 Å².